The van der Waals surface area contributed by atoms with Gasteiger partial charge in [-0.2, -0.15) is 18.0 Å². The van der Waals surface area contributed by atoms with Gasteiger partial charge in [-0.05, 0) is 7.05 Å². The molecule has 0 amide bonds. The first-order chi connectivity index (χ1) is 7.88. The maximum Gasteiger partial charge on any atom is 0.432 e. The summed E-state index contributed by atoms with van der Waals surface area (Å²) in [6.45, 7) is 2.47. The summed E-state index contributed by atoms with van der Waals surface area (Å²) in [5.41, 5.74) is -1.69. The Bertz CT molecular complexity index is 442. The Kier molecular flexibility index (Phi) is 2.90. The normalized spacial score (nSPS) is 18.7. The molecule has 1 saturated heterocycles. The van der Waals surface area contributed by atoms with Crippen molar-refractivity contribution in [2.24, 2.45) is 0 Å². The number of piperazine rings is 1. The van der Waals surface area contributed by atoms with Gasteiger partial charge >= 0.3 is 6.18 Å². The van der Waals surface area contributed by atoms with Crippen LogP contribution in [0.2, 0.25) is 0 Å². The van der Waals surface area contributed by atoms with Gasteiger partial charge in [0.2, 0.25) is 0 Å². The lowest BCUT2D eigenvalue weighted by Gasteiger charge is -2.33. The molecule has 2 rings (SSSR count). The maximum absolute atomic E-state index is 12.4. The molecule has 0 radical (unpaired) electrons. The van der Waals surface area contributed by atoms with E-state index in [4.69, 9.17) is 0 Å². The second-order valence-corrected chi connectivity index (χ2v) is 4.07. The SMILES string of the molecule is CN1CCN(n2[nH]c(C(F)(F)F)cc2=O)CC1. The number of alkyl halides is 3. The monoisotopic (exact) mass is 250 g/mol. The Hall–Kier alpha value is -1.44. The number of nitrogens with zero attached hydrogens (tertiary/aromatic N) is 3. The summed E-state index contributed by atoms with van der Waals surface area (Å²) >= 11 is 0. The van der Waals surface area contributed by atoms with Crippen LogP contribution in [0, 0.1) is 0 Å². The molecule has 5 nitrogen and oxygen atoms in total. The molecule has 8 heteroatoms. The highest BCUT2D eigenvalue weighted by atomic mass is 19.4. The van der Waals surface area contributed by atoms with Gasteiger partial charge in [0, 0.05) is 32.2 Å². The molecule has 1 aromatic rings. The van der Waals surface area contributed by atoms with E-state index in [2.05, 4.69) is 10.00 Å². The number of aromatic amines is 1. The highest BCUT2D eigenvalue weighted by Crippen LogP contribution is 2.26. The Morgan fingerprint density at radius 2 is 1.82 bits per heavy atom. The van der Waals surface area contributed by atoms with Crippen LogP contribution in [-0.4, -0.2) is 48.0 Å². The first kappa shape index (κ1) is 12.0. The molecule has 0 unspecified atom stereocenters. The fraction of sp³-hybridized carbons (Fsp3) is 0.667. The minimum absolute atomic E-state index is 0.522. The number of halogens is 3. The van der Waals surface area contributed by atoms with E-state index in [-0.39, 0.29) is 0 Å². The zero-order chi connectivity index (χ0) is 12.6. The van der Waals surface area contributed by atoms with Crippen molar-refractivity contribution in [3.63, 3.8) is 0 Å². The summed E-state index contributed by atoms with van der Waals surface area (Å²) in [5.74, 6) is 0. The predicted molar refractivity (Wildman–Crippen MR) is 55.5 cm³/mol. The fourth-order valence-corrected chi connectivity index (χ4v) is 1.74. The van der Waals surface area contributed by atoms with Crippen molar-refractivity contribution in [2.45, 2.75) is 6.18 Å². The Labute approximate surface area is 95.4 Å². The second-order valence-electron chi connectivity index (χ2n) is 4.07. The molecular formula is C9H13F3N4O. The summed E-state index contributed by atoms with van der Waals surface area (Å²) in [5, 5.41) is 3.67. The number of rotatable bonds is 1. The molecule has 0 saturated carbocycles. The van der Waals surface area contributed by atoms with Crippen molar-refractivity contribution in [1.82, 2.24) is 14.8 Å². The Balaban J connectivity index is 2.22. The van der Waals surface area contributed by atoms with E-state index in [9.17, 15) is 18.0 Å². The van der Waals surface area contributed by atoms with Crippen LogP contribution in [0.4, 0.5) is 13.2 Å². The van der Waals surface area contributed by atoms with Crippen molar-refractivity contribution in [3.05, 3.63) is 22.1 Å². The van der Waals surface area contributed by atoms with E-state index in [0.29, 0.717) is 32.2 Å². The van der Waals surface area contributed by atoms with Gasteiger partial charge in [0.15, 0.2) is 0 Å². The molecule has 1 aliphatic heterocycles. The van der Waals surface area contributed by atoms with Crippen LogP contribution >= 0.6 is 0 Å². The summed E-state index contributed by atoms with van der Waals surface area (Å²) in [6, 6.07) is 0.582. The molecule has 1 fully saturated rings. The van der Waals surface area contributed by atoms with E-state index in [1.54, 1.807) is 5.01 Å². The molecule has 1 N–H and O–H groups in total. The average Bonchev–Trinajstić information content (AvgIpc) is 2.61. The minimum atomic E-state index is -4.52. The third-order valence-electron chi connectivity index (χ3n) is 2.77. The predicted octanol–water partition coefficient (Wildman–Crippen LogP) is 0.0786. The van der Waals surface area contributed by atoms with Gasteiger partial charge in [0.05, 0.1) is 0 Å². The van der Waals surface area contributed by atoms with E-state index in [0.717, 1.165) is 4.79 Å². The highest BCUT2D eigenvalue weighted by molar-refractivity contribution is 5.06. The standard InChI is InChI=1S/C9H13F3N4O/c1-14-2-4-15(5-3-14)16-8(17)6-7(13-16)9(10,11)12/h6,13H,2-5H2,1H3. The molecule has 2 heterocycles. The summed E-state index contributed by atoms with van der Waals surface area (Å²) < 4.78 is 37.2. The van der Waals surface area contributed by atoms with E-state index >= 15 is 0 Å². The number of hydrogen-bond donors (Lipinski definition) is 1. The number of likely N-dealkylation sites (N-methyl/N-ethyl adjacent to an activating group) is 1. The molecule has 1 aliphatic rings. The van der Waals surface area contributed by atoms with Crippen LogP contribution in [0.5, 0.6) is 0 Å². The Morgan fingerprint density at radius 3 is 2.29 bits per heavy atom. The van der Waals surface area contributed by atoms with E-state index < -0.39 is 17.4 Å². The van der Waals surface area contributed by atoms with E-state index in [1.807, 2.05) is 7.05 Å². The molecule has 0 bridgehead atoms. The van der Waals surface area contributed by atoms with Gasteiger partial charge in [0.1, 0.15) is 5.69 Å². The average molecular weight is 250 g/mol. The maximum atomic E-state index is 12.4. The summed E-state index contributed by atoms with van der Waals surface area (Å²) in [4.78, 5) is 14.4. The first-order valence-electron chi connectivity index (χ1n) is 5.21. The van der Waals surface area contributed by atoms with Crippen LogP contribution in [0.25, 0.3) is 0 Å². The lowest BCUT2D eigenvalue weighted by molar-refractivity contribution is -0.141. The van der Waals surface area contributed by atoms with Gasteiger partial charge < -0.3 is 4.90 Å². The first-order valence-corrected chi connectivity index (χ1v) is 5.21. The zero-order valence-electron chi connectivity index (χ0n) is 9.29. The molecule has 1 aromatic heterocycles. The van der Waals surface area contributed by atoms with Crippen molar-refractivity contribution >= 4 is 0 Å². The zero-order valence-corrected chi connectivity index (χ0v) is 9.29. The lowest BCUT2D eigenvalue weighted by Crippen LogP contribution is -2.52. The molecule has 17 heavy (non-hydrogen) atoms. The number of H-pyrrole nitrogens is 1. The minimum Gasteiger partial charge on any atom is -0.303 e. The van der Waals surface area contributed by atoms with Gasteiger partial charge in [-0.25, -0.2) is 0 Å². The topological polar surface area (TPSA) is 44.3 Å². The van der Waals surface area contributed by atoms with Gasteiger partial charge in [-0.3, -0.25) is 14.9 Å². The van der Waals surface area contributed by atoms with Crippen LogP contribution in [0.15, 0.2) is 10.9 Å². The summed E-state index contributed by atoms with van der Waals surface area (Å²) in [6.07, 6.45) is -4.52. The quantitative estimate of drug-likeness (QED) is 0.767. The molecule has 0 atom stereocenters. The van der Waals surface area contributed by atoms with E-state index in [1.165, 1.54) is 0 Å². The number of hydrogen-bond acceptors (Lipinski definition) is 3. The van der Waals surface area contributed by atoms with Crippen molar-refractivity contribution in [3.8, 4) is 0 Å². The van der Waals surface area contributed by atoms with Crippen molar-refractivity contribution in [1.29, 1.82) is 0 Å². The lowest BCUT2D eigenvalue weighted by atomic mass is 10.4. The third kappa shape index (κ3) is 2.46. The van der Waals surface area contributed by atoms with Gasteiger partial charge in [-0.15, -0.1) is 0 Å². The smallest absolute Gasteiger partial charge is 0.303 e. The fourth-order valence-electron chi connectivity index (χ4n) is 1.74. The summed E-state index contributed by atoms with van der Waals surface area (Å²) in [7, 11) is 1.93. The van der Waals surface area contributed by atoms with Crippen LogP contribution in [0.1, 0.15) is 5.69 Å². The van der Waals surface area contributed by atoms with Gasteiger partial charge in [-0.1, -0.05) is 0 Å². The largest absolute Gasteiger partial charge is 0.432 e. The van der Waals surface area contributed by atoms with Crippen LogP contribution < -0.4 is 10.6 Å². The third-order valence-corrected chi connectivity index (χ3v) is 2.77. The molecular weight excluding hydrogens is 237 g/mol. The van der Waals surface area contributed by atoms with Crippen molar-refractivity contribution in [2.75, 3.05) is 38.2 Å². The molecule has 0 aromatic carbocycles. The van der Waals surface area contributed by atoms with Crippen LogP contribution in [0.3, 0.4) is 0 Å². The number of aromatic nitrogens is 2. The molecule has 0 aliphatic carbocycles. The Morgan fingerprint density at radius 1 is 1.24 bits per heavy atom. The highest BCUT2D eigenvalue weighted by Gasteiger charge is 2.34. The number of nitrogens with one attached hydrogen (secondary N) is 1. The second kappa shape index (κ2) is 4.10. The van der Waals surface area contributed by atoms with Gasteiger partial charge in [0.25, 0.3) is 5.56 Å². The van der Waals surface area contributed by atoms with Crippen molar-refractivity contribution < 1.29 is 13.2 Å². The van der Waals surface area contributed by atoms with Crippen LogP contribution in [-0.2, 0) is 6.18 Å². The molecule has 96 valence electrons. The molecule has 0 spiro atoms.